The van der Waals surface area contributed by atoms with Gasteiger partial charge in [0.1, 0.15) is 0 Å². The molecule has 3 aromatic rings. The fourth-order valence-corrected chi connectivity index (χ4v) is 3.97. The third-order valence-corrected chi connectivity index (χ3v) is 5.70. The Morgan fingerprint density at radius 1 is 1.00 bits per heavy atom. The van der Waals surface area contributed by atoms with E-state index in [1.807, 2.05) is 42.6 Å². The molecule has 1 aliphatic heterocycles. The summed E-state index contributed by atoms with van der Waals surface area (Å²) in [4.78, 5) is 13.8. The molecular formula is C22H22N2O3S. The van der Waals surface area contributed by atoms with Crippen molar-refractivity contribution in [2.75, 3.05) is 6.79 Å². The summed E-state index contributed by atoms with van der Waals surface area (Å²) in [6.45, 7) is 4.24. The van der Waals surface area contributed by atoms with Crippen molar-refractivity contribution in [3.05, 3.63) is 81.5 Å². The van der Waals surface area contributed by atoms with Gasteiger partial charge in [-0.05, 0) is 48.6 Å². The van der Waals surface area contributed by atoms with Crippen molar-refractivity contribution in [1.82, 2.24) is 10.6 Å². The second-order valence-electron chi connectivity index (χ2n) is 6.81. The molecule has 2 unspecified atom stereocenters. The average molecular weight is 394 g/mol. The fourth-order valence-electron chi connectivity index (χ4n) is 3.17. The van der Waals surface area contributed by atoms with Crippen molar-refractivity contribution in [3.8, 4) is 11.5 Å². The van der Waals surface area contributed by atoms with Crippen LogP contribution in [0.3, 0.4) is 0 Å². The summed E-state index contributed by atoms with van der Waals surface area (Å²) in [5.74, 6) is 1.44. The number of hydrogen-bond donors (Lipinski definition) is 2. The normalized spacial score (nSPS) is 14.4. The smallest absolute Gasteiger partial charge is 0.316 e. The molecule has 1 aliphatic rings. The Labute approximate surface area is 168 Å². The van der Waals surface area contributed by atoms with E-state index in [1.165, 1.54) is 5.56 Å². The number of carbonyl (C=O) groups excluding carboxylic acids is 1. The molecule has 2 heterocycles. The highest BCUT2D eigenvalue weighted by atomic mass is 32.1. The lowest BCUT2D eigenvalue weighted by atomic mass is 10.0. The van der Waals surface area contributed by atoms with Crippen molar-refractivity contribution in [2.24, 2.45) is 0 Å². The van der Waals surface area contributed by atoms with Crippen LogP contribution in [-0.2, 0) is 0 Å². The zero-order valence-electron chi connectivity index (χ0n) is 15.8. The Kier molecular flexibility index (Phi) is 5.21. The van der Waals surface area contributed by atoms with Gasteiger partial charge in [0, 0.05) is 4.88 Å². The lowest BCUT2D eigenvalue weighted by Gasteiger charge is -2.21. The highest BCUT2D eigenvalue weighted by Crippen LogP contribution is 2.34. The second-order valence-corrected chi connectivity index (χ2v) is 7.79. The van der Waals surface area contributed by atoms with Gasteiger partial charge in [0.25, 0.3) is 0 Å². The van der Waals surface area contributed by atoms with Crippen molar-refractivity contribution >= 4 is 17.4 Å². The minimum atomic E-state index is -0.218. The van der Waals surface area contributed by atoms with Gasteiger partial charge in [0.2, 0.25) is 6.79 Å². The van der Waals surface area contributed by atoms with Crippen molar-refractivity contribution in [3.63, 3.8) is 0 Å². The van der Waals surface area contributed by atoms with Crippen LogP contribution in [0.4, 0.5) is 4.79 Å². The molecule has 0 aliphatic carbocycles. The summed E-state index contributed by atoms with van der Waals surface area (Å²) in [5, 5.41) is 8.15. The van der Waals surface area contributed by atoms with E-state index in [1.54, 1.807) is 11.3 Å². The molecule has 6 heteroatoms. The Hall–Kier alpha value is -2.99. The van der Waals surface area contributed by atoms with Crippen molar-refractivity contribution in [2.45, 2.75) is 25.9 Å². The van der Waals surface area contributed by atoms with E-state index in [4.69, 9.17) is 9.47 Å². The zero-order chi connectivity index (χ0) is 19.5. The maximum absolute atomic E-state index is 12.7. The highest BCUT2D eigenvalue weighted by Gasteiger charge is 2.20. The van der Waals surface area contributed by atoms with E-state index in [9.17, 15) is 4.79 Å². The van der Waals surface area contributed by atoms with Crippen molar-refractivity contribution < 1.29 is 14.3 Å². The highest BCUT2D eigenvalue weighted by molar-refractivity contribution is 7.10. The van der Waals surface area contributed by atoms with Crippen LogP contribution in [0.1, 0.15) is 40.6 Å². The van der Waals surface area contributed by atoms with E-state index < -0.39 is 0 Å². The lowest BCUT2D eigenvalue weighted by Crippen LogP contribution is -2.39. The predicted octanol–water partition coefficient (Wildman–Crippen LogP) is 4.94. The maximum Gasteiger partial charge on any atom is 0.316 e. The zero-order valence-corrected chi connectivity index (χ0v) is 16.6. The van der Waals surface area contributed by atoms with E-state index >= 15 is 0 Å². The Morgan fingerprint density at radius 3 is 2.50 bits per heavy atom. The topological polar surface area (TPSA) is 59.6 Å². The molecular weight excluding hydrogens is 372 g/mol. The third-order valence-electron chi connectivity index (χ3n) is 4.76. The number of ether oxygens (including phenoxy) is 2. The summed E-state index contributed by atoms with van der Waals surface area (Å²) < 4.78 is 10.8. The molecule has 0 radical (unpaired) electrons. The number of hydrogen-bond acceptors (Lipinski definition) is 4. The summed E-state index contributed by atoms with van der Waals surface area (Å²) in [7, 11) is 0. The first-order valence-corrected chi connectivity index (χ1v) is 10.0. The molecule has 0 saturated heterocycles. The number of carbonyl (C=O) groups is 1. The summed E-state index contributed by atoms with van der Waals surface area (Å²) in [6.07, 6.45) is 0. The first-order valence-electron chi connectivity index (χ1n) is 9.17. The van der Waals surface area contributed by atoms with Crippen LogP contribution in [-0.4, -0.2) is 12.8 Å². The molecule has 2 atom stereocenters. The van der Waals surface area contributed by atoms with E-state index in [2.05, 4.69) is 41.8 Å². The Balaban J connectivity index is 1.47. The molecule has 144 valence electrons. The minimum absolute atomic E-state index is 0.170. The summed E-state index contributed by atoms with van der Waals surface area (Å²) in [6, 6.07) is 17.4. The third kappa shape index (κ3) is 3.97. The number of nitrogens with one attached hydrogen (secondary N) is 2. The summed E-state index contributed by atoms with van der Waals surface area (Å²) >= 11 is 1.63. The number of amides is 2. The number of fused-ring (bicyclic) bond motifs is 1. The molecule has 5 nitrogen and oxygen atoms in total. The van der Waals surface area contributed by atoms with Gasteiger partial charge in [-0.1, -0.05) is 42.0 Å². The van der Waals surface area contributed by atoms with Gasteiger partial charge < -0.3 is 20.1 Å². The van der Waals surface area contributed by atoms with Gasteiger partial charge in [-0.3, -0.25) is 0 Å². The van der Waals surface area contributed by atoms with Gasteiger partial charge in [0.15, 0.2) is 11.5 Å². The fraction of sp³-hybridized carbons (Fsp3) is 0.227. The van der Waals surface area contributed by atoms with Crippen LogP contribution in [0.15, 0.2) is 60.0 Å². The molecule has 0 bridgehead atoms. The predicted molar refractivity (Wildman–Crippen MR) is 110 cm³/mol. The monoisotopic (exact) mass is 394 g/mol. The molecule has 1 aromatic heterocycles. The second kappa shape index (κ2) is 7.94. The maximum atomic E-state index is 12.7. The summed E-state index contributed by atoms with van der Waals surface area (Å²) in [5.41, 5.74) is 3.20. The number of benzene rings is 2. The SMILES string of the molecule is Cc1ccc(C(NC(=O)NC(C)c2ccc3c(c2)OCO3)c2cccs2)cc1. The number of thiophene rings is 1. The lowest BCUT2D eigenvalue weighted by molar-refractivity contribution is 0.174. The number of urea groups is 1. The Morgan fingerprint density at radius 2 is 1.75 bits per heavy atom. The molecule has 4 rings (SSSR count). The molecule has 2 N–H and O–H groups in total. The van der Waals surface area contributed by atoms with Crippen LogP contribution in [0.5, 0.6) is 11.5 Å². The quantitative estimate of drug-likeness (QED) is 0.645. The first kappa shape index (κ1) is 18.4. The number of aryl methyl sites for hydroxylation is 1. The van der Waals surface area contributed by atoms with Gasteiger partial charge >= 0.3 is 6.03 Å². The van der Waals surface area contributed by atoms with Crippen LogP contribution < -0.4 is 20.1 Å². The van der Waals surface area contributed by atoms with Gasteiger partial charge in [-0.15, -0.1) is 11.3 Å². The standard InChI is InChI=1S/C22H22N2O3S/c1-14-5-7-16(8-6-14)21(20-4-3-11-28-20)24-22(25)23-15(2)17-9-10-18-19(12-17)27-13-26-18/h3-12,15,21H,13H2,1-2H3,(H2,23,24,25). The number of rotatable bonds is 5. The van der Waals surface area contributed by atoms with Crippen LogP contribution in [0.25, 0.3) is 0 Å². The Bertz CT molecular complexity index is 954. The van der Waals surface area contributed by atoms with E-state index in [-0.39, 0.29) is 24.9 Å². The van der Waals surface area contributed by atoms with E-state index in [0.29, 0.717) is 5.75 Å². The van der Waals surface area contributed by atoms with Gasteiger partial charge in [-0.2, -0.15) is 0 Å². The minimum Gasteiger partial charge on any atom is -0.454 e. The van der Waals surface area contributed by atoms with E-state index in [0.717, 1.165) is 21.8 Å². The van der Waals surface area contributed by atoms with Crippen LogP contribution in [0, 0.1) is 6.92 Å². The average Bonchev–Trinajstić information content (AvgIpc) is 3.38. The molecule has 0 saturated carbocycles. The largest absolute Gasteiger partial charge is 0.454 e. The molecule has 28 heavy (non-hydrogen) atoms. The molecule has 0 spiro atoms. The molecule has 2 aromatic carbocycles. The van der Waals surface area contributed by atoms with Gasteiger partial charge in [-0.25, -0.2) is 4.79 Å². The molecule has 0 fully saturated rings. The van der Waals surface area contributed by atoms with Crippen LogP contribution in [0.2, 0.25) is 0 Å². The molecule has 2 amide bonds. The van der Waals surface area contributed by atoms with Crippen LogP contribution >= 0.6 is 11.3 Å². The first-order chi connectivity index (χ1) is 13.6. The van der Waals surface area contributed by atoms with Crippen molar-refractivity contribution in [1.29, 1.82) is 0 Å². The van der Waals surface area contributed by atoms with Gasteiger partial charge in [0.05, 0.1) is 12.1 Å².